The van der Waals surface area contributed by atoms with Gasteiger partial charge < -0.3 is 14.2 Å². The fraction of sp³-hybridized carbons (Fsp3) is 0.562. The van der Waals surface area contributed by atoms with Crippen molar-refractivity contribution in [2.45, 2.75) is 32.5 Å². The number of likely N-dealkylation sites (tertiary alicyclic amines) is 1. The number of halogens is 3. The zero-order valence-electron chi connectivity index (χ0n) is 13.7. The summed E-state index contributed by atoms with van der Waals surface area (Å²) in [7, 11) is 0. The number of alkyl halides is 3. The van der Waals surface area contributed by atoms with Crippen LogP contribution in [0.15, 0.2) is 23.1 Å². The van der Waals surface area contributed by atoms with Crippen LogP contribution in [0.1, 0.15) is 25.3 Å². The maximum Gasteiger partial charge on any atom is 0.417 e. The maximum absolute atomic E-state index is 12.7. The monoisotopic (exact) mass is 360 g/mol. The van der Waals surface area contributed by atoms with E-state index in [1.807, 2.05) is 0 Å². The van der Waals surface area contributed by atoms with Crippen LogP contribution in [0.2, 0.25) is 0 Å². The van der Waals surface area contributed by atoms with E-state index >= 15 is 0 Å². The molecule has 138 valence electrons. The molecular weight excluding hydrogens is 341 g/mol. The smallest absolute Gasteiger partial charge is 0.417 e. The number of pyridine rings is 1. The number of hydrogen-bond acceptors (Lipinski definition) is 4. The summed E-state index contributed by atoms with van der Waals surface area (Å²) < 4.78 is 43.9. The van der Waals surface area contributed by atoms with Crippen molar-refractivity contribution in [3.8, 4) is 0 Å². The Labute approximate surface area is 142 Å². The van der Waals surface area contributed by atoms with Gasteiger partial charge in [0.2, 0.25) is 5.91 Å². The minimum Gasteiger partial charge on any atom is -0.466 e. The minimum atomic E-state index is -4.60. The van der Waals surface area contributed by atoms with Gasteiger partial charge in [-0.05, 0) is 25.8 Å². The first-order valence-electron chi connectivity index (χ1n) is 7.94. The lowest BCUT2D eigenvalue weighted by atomic mass is 9.98. The molecule has 0 radical (unpaired) electrons. The molecule has 0 spiro atoms. The van der Waals surface area contributed by atoms with Crippen molar-refractivity contribution < 1.29 is 27.5 Å². The van der Waals surface area contributed by atoms with Crippen LogP contribution in [0.25, 0.3) is 0 Å². The van der Waals surface area contributed by atoms with E-state index in [2.05, 4.69) is 0 Å². The van der Waals surface area contributed by atoms with Gasteiger partial charge in [0.25, 0.3) is 5.56 Å². The van der Waals surface area contributed by atoms with Gasteiger partial charge in [-0.15, -0.1) is 0 Å². The Hall–Kier alpha value is -2.32. The molecule has 1 aromatic heterocycles. The van der Waals surface area contributed by atoms with E-state index < -0.39 is 41.6 Å². The van der Waals surface area contributed by atoms with E-state index in [0.29, 0.717) is 31.6 Å². The van der Waals surface area contributed by atoms with Crippen LogP contribution in [-0.4, -0.2) is 41.0 Å². The third-order valence-corrected chi connectivity index (χ3v) is 4.01. The van der Waals surface area contributed by atoms with Crippen molar-refractivity contribution in [3.05, 3.63) is 34.2 Å². The molecule has 0 bridgehead atoms. The molecule has 1 atom stereocenters. The number of esters is 1. The number of aromatic nitrogens is 1. The van der Waals surface area contributed by atoms with Gasteiger partial charge in [-0.2, -0.15) is 13.2 Å². The molecule has 25 heavy (non-hydrogen) atoms. The number of ether oxygens (including phenoxy) is 1. The standard InChI is InChI=1S/C16H19F3N2O4/c1-2-25-15(24)11-4-3-7-20(8-11)14(23)10-21-9-12(16(17,18)19)5-6-13(21)22/h5-6,9,11H,2-4,7-8,10H2,1H3. The molecule has 6 nitrogen and oxygen atoms in total. The van der Waals surface area contributed by atoms with Gasteiger partial charge >= 0.3 is 12.1 Å². The summed E-state index contributed by atoms with van der Waals surface area (Å²) in [6.45, 7) is 1.96. The zero-order valence-corrected chi connectivity index (χ0v) is 13.7. The van der Waals surface area contributed by atoms with Crippen LogP contribution in [0.5, 0.6) is 0 Å². The van der Waals surface area contributed by atoms with Crippen molar-refractivity contribution in [1.82, 2.24) is 9.47 Å². The van der Waals surface area contributed by atoms with Gasteiger partial charge in [0.15, 0.2) is 0 Å². The Morgan fingerprint density at radius 1 is 1.32 bits per heavy atom. The van der Waals surface area contributed by atoms with Gasteiger partial charge in [-0.25, -0.2) is 0 Å². The molecule has 2 rings (SSSR count). The zero-order chi connectivity index (χ0) is 18.6. The molecule has 9 heteroatoms. The SMILES string of the molecule is CCOC(=O)C1CCCN(C(=O)Cn2cc(C(F)(F)F)ccc2=O)C1. The number of carbonyl (C=O) groups is 2. The van der Waals surface area contributed by atoms with Crippen LogP contribution in [0, 0.1) is 5.92 Å². The fourth-order valence-electron chi connectivity index (χ4n) is 2.72. The Balaban J connectivity index is 2.09. The third kappa shape index (κ3) is 4.83. The number of amides is 1. The Bertz CT molecular complexity index is 699. The highest BCUT2D eigenvalue weighted by Crippen LogP contribution is 2.28. The predicted molar refractivity (Wildman–Crippen MR) is 81.6 cm³/mol. The van der Waals surface area contributed by atoms with Crippen LogP contribution in [-0.2, 0) is 27.0 Å². The molecule has 2 heterocycles. The van der Waals surface area contributed by atoms with E-state index in [0.717, 1.165) is 10.6 Å². The van der Waals surface area contributed by atoms with Crippen LogP contribution in [0.4, 0.5) is 13.2 Å². The topological polar surface area (TPSA) is 68.6 Å². The number of carbonyl (C=O) groups excluding carboxylic acids is 2. The Kier molecular flexibility index (Phi) is 5.86. The minimum absolute atomic E-state index is 0.144. The molecule has 0 aliphatic carbocycles. The van der Waals surface area contributed by atoms with Gasteiger partial charge in [0, 0.05) is 25.4 Å². The lowest BCUT2D eigenvalue weighted by Crippen LogP contribution is -2.45. The number of piperidine rings is 1. The number of rotatable bonds is 4. The second-order valence-electron chi connectivity index (χ2n) is 5.81. The van der Waals surface area contributed by atoms with E-state index in [4.69, 9.17) is 4.74 Å². The molecule has 1 aromatic rings. The quantitative estimate of drug-likeness (QED) is 0.766. The highest BCUT2D eigenvalue weighted by Gasteiger charge is 2.32. The van der Waals surface area contributed by atoms with Crippen LogP contribution < -0.4 is 5.56 Å². The Morgan fingerprint density at radius 3 is 2.68 bits per heavy atom. The second-order valence-corrected chi connectivity index (χ2v) is 5.81. The summed E-state index contributed by atoms with van der Waals surface area (Å²) in [5.41, 5.74) is -1.69. The van der Waals surface area contributed by atoms with E-state index in [-0.39, 0.29) is 13.2 Å². The van der Waals surface area contributed by atoms with Crippen LogP contribution >= 0.6 is 0 Å². The van der Waals surface area contributed by atoms with Gasteiger partial charge in [-0.3, -0.25) is 14.4 Å². The van der Waals surface area contributed by atoms with E-state index in [1.165, 1.54) is 4.90 Å². The van der Waals surface area contributed by atoms with Gasteiger partial charge in [0.05, 0.1) is 18.1 Å². The highest BCUT2D eigenvalue weighted by atomic mass is 19.4. The first-order chi connectivity index (χ1) is 11.7. The summed E-state index contributed by atoms with van der Waals surface area (Å²) in [5.74, 6) is -1.34. The molecular formula is C16H19F3N2O4. The lowest BCUT2D eigenvalue weighted by Gasteiger charge is -2.31. The molecule has 0 aromatic carbocycles. The first kappa shape index (κ1) is 19.0. The van der Waals surface area contributed by atoms with Crippen molar-refractivity contribution >= 4 is 11.9 Å². The highest BCUT2D eigenvalue weighted by molar-refractivity contribution is 5.78. The molecule has 0 saturated carbocycles. The van der Waals surface area contributed by atoms with Crippen molar-refractivity contribution in [2.24, 2.45) is 5.92 Å². The van der Waals surface area contributed by atoms with Gasteiger partial charge in [0.1, 0.15) is 6.54 Å². The summed E-state index contributed by atoms with van der Waals surface area (Å²) >= 11 is 0. The van der Waals surface area contributed by atoms with Crippen molar-refractivity contribution in [1.29, 1.82) is 0 Å². The van der Waals surface area contributed by atoms with Crippen LogP contribution in [0.3, 0.4) is 0 Å². The molecule has 1 fully saturated rings. The molecule has 1 unspecified atom stereocenters. The maximum atomic E-state index is 12.7. The molecule has 1 amide bonds. The molecule has 0 N–H and O–H groups in total. The fourth-order valence-corrected chi connectivity index (χ4v) is 2.72. The molecule has 1 aliphatic rings. The lowest BCUT2D eigenvalue weighted by molar-refractivity contribution is -0.151. The van der Waals surface area contributed by atoms with E-state index in [9.17, 15) is 27.6 Å². The summed E-state index contributed by atoms with van der Waals surface area (Å²) in [5, 5.41) is 0. The third-order valence-electron chi connectivity index (χ3n) is 4.01. The molecule has 1 saturated heterocycles. The summed E-state index contributed by atoms with van der Waals surface area (Å²) in [4.78, 5) is 37.2. The van der Waals surface area contributed by atoms with Crippen molar-refractivity contribution in [3.63, 3.8) is 0 Å². The normalized spacial score (nSPS) is 18.1. The van der Waals surface area contributed by atoms with E-state index in [1.54, 1.807) is 6.92 Å². The molecule has 1 aliphatic heterocycles. The predicted octanol–water partition coefficient (Wildman–Crippen LogP) is 1.67. The average Bonchev–Trinajstić information content (AvgIpc) is 2.56. The average molecular weight is 360 g/mol. The first-order valence-corrected chi connectivity index (χ1v) is 7.94. The summed E-state index contributed by atoms with van der Waals surface area (Å²) in [6.07, 6.45) is -2.79. The second kappa shape index (κ2) is 7.71. The summed E-state index contributed by atoms with van der Waals surface area (Å²) in [6, 6.07) is 1.47. The largest absolute Gasteiger partial charge is 0.466 e. The number of hydrogen-bond donors (Lipinski definition) is 0. The number of nitrogens with zero attached hydrogens (tertiary/aromatic N) is 2. The Morgan fingerprint density at radius 2 is 2.04 bits per heavy atom. The van der Waals surface area contributed by atoms with Gasteiger partial charge in [-0.1, -0.05) is 0 Å². The van der Waals surface area contributed by atoms with Crippen molar-refractivity contribution in [2.75, 3.05) is 19.7 Å².